The van der Waals surface area contributed by atoms with E-state index in [1.54, 1.807) is 18.0 Å². The molecule has 0 heterocycles. The van der Waals surface area contributed by atoms with Crippen molar-refractivity contribution in [2.45, 2.75) is 24.8 Å². The van der Waals surface area contributed by atoms with Gasteiger partial charge in [-0.1, -0.05) is 0 Å². The lowest BCUT2D eigenvalue weighted by Crippen LogP contribution is -2.57. The van der Waals surface area contributed by atoms with Gasteiger partial charge in [-0.25, -0.2) is 0 Å². The highest BCUT2D eigenvalue weighted by Gasteiger charge is 2.40. The lowest BCUT2D eigenvalue weighted by atomic mass is 9.75. The molecule has 0 aliphatic heterocycles. The number of benzene rings is 1. The average Bonchev–Trinajstić information content (AvgIpc) is 2.35. The van der Waals surface area contributed by atoms with Crippen LogP contribution in [0.25, 0.3) is 0 Å². The number of rotatable bonds is 4. The van der Waals surface area contributed by atoms with Crippen LogP contribution in [0.2, 0.25) is 0 Å². The molecule has 0 spiro atoms. The van der Waals surface area contributed by atoms with Crippen LogP contribution in [0.15, 0.2) is 18.2 Å². The first-order chi connectivity index (χ1) is 9.35. The summed E-state index contributed by atoms with van der Waals surface area (Å²) in [7, 11) is 5.90. The maximum atomic E-state index is 12.5. The zero-order valence-electron chi connectivity index (χ0n) is 12.4. The summed E-state index contributed by atoms with van der Waals surface area (Å²) < 4.78 is 0. The fraction of sp³-hybridized carbons (Fsp3) is 0.533. The Bertz CT molecular complexity index is 510. The van der Waals surface area contributed by atoms with Gasteiger partial charge in [0, 0.05) is 24.8 Å². The molecular weight excluding hydrogens is 254 g/mol. The molecule has 0 unspecified atom stereocenters. The van der Waals surface area contributed by atoms with E-state index in [1.807, 2.05) is 0 Å². The SMILES string of the molecule is CN(CC1(N(C)C)CCC1)C(=O)c1cc(O)ccc1N. The fourth-order valence-electron chi connectivity index (χ4n) is 2.78. The molecule has 20 heavy (non-hydrogen) atoms. The number of nitrogens with two attached hydrogens (primary N) is 1. The van der Waals surface area contributed by atoms with Gasteiger partial charge < -0.3 is 20.6 Å². The van der Waals surface area contributed by atoms with Crippen LogP contribution in [0.5, 0.6) is 5.75 Å². The van der Waals surface area contributed by atoms with Crippen molar-refractivity contribution in [1.29, 1.82) is 0 Å². The van der Waals surface area contributed by atoms with Crippen molar-refractivity contribution in [3.05, 3.63) is 23.8 Å². The first-order valence-electron chi connectivity index (χ1n) is 6.87. The highest BCUT2D eigenvalue weighted by Crippen LogP contribution is 2.37. The molecule has 5 heteroatoms. The molecule has 1 aliphatic rings. The Balaban J connectivity index is 2.14. The maximum absolute atomic E-state index is 12.5. The Labute approximate surface area is 120 Å². The van der Waals surface area contributed by atoms with Crippen molar-refractivity contribution in [3.8, 4) is 5.75 Å². The Morgan fingerprint density at radius 1 is 1.35 bits per heavy atom. The van der Waals surface area contributed by atoms with E-state index in [1.165, 1.54) is 18.6 Å². The van der Waals surface area contributed by atoms with Gasteiger partial charge in [0.1, 0.15) is 5.75 Å². The monoisotopic (exact) mass is 277 g/mol. The van der Waals surface area contributed by atoms with Crippen LogP contribution in [0.1, 0.15) is 29.6 Å². The molecule has 1 aliphatic carbocycles. The number of anilines is 1. The van der Waals surface area contributed by atoms with Crippen molar-refractivity contribution >= 4 is 11.6 Å². The number of hydrogen-bond donors (Lipinski definition) is 2. The number of likely N-dealkylation sites (N-methyl/N-ethyl adjacent to an activating group) is 2. The van der Waals surface area contributed by atoms with E-state index in [2.05, 4.69) is 19.0 Å². The van der Waals surface area contributed by atoms with Crippen molar-refractivity contribution < 1.29 is 9.90 Å². The molecule has 0 radical (unpaired) electrons. The van der Waals surface area contributed by atoms with E-state index in [4.69, 9.17) is 5.73 Å². The van der Waals surface area contributed by atoms with Crippen molar-refractivity contribution in [1.82, 2.24) is 9.80 Å². The van der Waals surface area contributed by atoms with E-state index in [0.717, 1.165) is 12.8 Å². The zero-order valence-corrected chi connectivity index (χ0v) is 12.4. The Morgan fingerprint density at radius 2 is 2.00 bits per heavy atom. The third kappa shape index (κ3) is 2.58. The van der Waals surface area contributed by atoms with Gasteiger partial charge in [-0.15, -0.1) is 0 Å². The number of aromatic hydroxyl groups is 1. The highest BCUT2D eigenvalue weighted by molar-refractivity contribution is 5.99. The summed E-state index contributed by atoms with van der Waals surface area (Å²) in [5.74, 6) is -0.0894. The molecule has 1 aromatic rings. The van der Waals surface area contributed by atoms with Crippen LogP contribution in [0, 0.1) is 0 Å². The molecule has 2 rings (SSSR count). The number of hydrogen-bond acceptors (Lipinski definition) is 4. The molecular formula is C15H23N3O2. The Morgan fingerprint density at radius 3 is 2.50 bits per heavy atom. The van der Waals surface area contributed by atoms with Crippen LogP contribution in [-0.4, -0.2) is 54.0 Å². The molecule has 1 saturated carbocycles. The second-order valence-electron chi connectivity index (χ2n) is 5.91. The summed E-state index contributed by atoms with van der Waals surface area (Å²) in [6.45, 7) is 0.675. The zero-order chi connectivity index (χ0) is 14.9. The lowest BCUT2D eigenvalue weighted by molar-refractivity contribution is 0.0253. The second-order valence-corrected chi connectivity index (χ2v) is 5.91. The summed E-state index contributed by atoms with van der Waals surface area (Å²) in [6, 6.07) is 4.47. The van der Waals surface area contributed by atoms with E-state index < -0.39 is 0 Å². The standard InChI is InChI=1S/C15H23N3O2/c1-17(2)15(7-4-8-15)10-18(3)14(20)12-9-11(19)5-6-13(12)16/h5-6,9,19H,4,7-8,10,16H2,1-3H3. The number of amides is 1. The summed E-state index contributed by atoms with van der Waals surface area (Å²) in [5, 5.41) is 9.51. The minimum atomic E-state index is -0.147. The molecule has 1 fully saturated rings. The maximum Gasteiger partial charge on any atom is 0.255 e. The normalized spacial score (nSPS) is 16.8. The molecule has 1 aromatic carbocycles. The van der Waals surface area contributed by atoms with Crippen molar-refractivity contribution in [2.24, 2.45) is 0 Å². The number of carbonyl (C=O) groups is 1. The lowest BCUT2D eigenvalue weighted by Gasteiger charge is -2.49. The molecule has 0 saturated heterocycles. The van der Waals surface area contributed by atoms with Gasteiger partial charge in [-0.2, -0.15) is 0 Å². The van der Waals surface area contributed by atoms with Crippen molar-refractivity contribution in [3.63, 3.8) is 0 Å². The number of carbonyl (C=O) groups excluding carboxylic acids is 1. The summed E-state index contributed by atoms with van der Waals surface area (Å²) in [4.78, 5) is 16.4. The van der Waals surface area contributed by atoms with Crippen LogP contribution < -0.4 is 5.73 Å². The van der Waals surface area contributed by atoms with E-state index in [-0.39, 0.29) is 17.2 Å². The fourth-order valence-corrected chi connectivity index (χ4v) is 2.78. The first kappa shape index (κ1) is 14.7. The average molecular weight is 277 g/mol. The Hall–Kier alpha value is -1.75. The molecule has 0 aromatic heterocycles. The third-order valence-corrected chi connectivity index (χ3v) is 4.38. The summed E-state index contributed by atoms with van der Waals surface area (Å²) in [6.07, 6.45) is 3.41. The molecule has 3 N–H and O–H groups in total. The number of phenols is 1. The largest absolute Gasteiger partial charge is 0.508 e. The van der Waals surface area contributed by atoms with Gasteiger partial charge in [-0.05, 0) is 51.6 Å². The topological polar surface area (TPSA) is 69.8 Å². The molecule has 1 amide bonds. The van der Waals surface area contributed by atoms with Crippen LogP contribution in [0.4, 0.5) is 5.69 Å². The number of phenolic OH excluding ortho intramolecular Hbond substituents is 1. The van der Waals surface area contributed by atoms with Gasteiger partial charge in [0.15, 0.2) is 0 Å². The number of nitrogen functional groups attached to an aromatic ring is 1. The summed E-state index contributed by atoms with van der Waals surface area (Å²) in [5.41, 5.74) is 6.67. The Kier molecular flexibility index (Phi) is 3.90. The second kappa shape index (κ2) is 5.32. The van der Waals surface area contributed by atoms with Gasteiger partial charge in [0.05, 0.1) is 5.56 Å². The molecule has 110 valence electrons. The quantitative estimate of drug-likeness (QED) is 0.647. The minimum absolute atomic E-state index is 0.0573. The third-order valence-electron chi connectivity index (χ3n) is 4.38. The van der Waals surface area contributed by atoms with Gasteiger partial charge in [0.2, 0.25) is 0 Å². The smallest absolute Gasteiger partial charge is 0.255 e. The first-order valence-corrected chi connectivity index (χ1v) is 6.87. The molecule has 5 nitrogen and oxygen atoms in total. The van der Waals surface area contributed by atoms with E-state index >= 15 is 0 Å². The van der Waals surface area contributed by atoms with Crippen LogP contribution in [-0.2, 0) is 0 Å². The number of nitrogens with zero attached hydrogens (tertiary/aromatic N) is 2. The predicted octanol–water partition coefficient (Wildman–Crippen LogP) is 1.53. The minimum Gasteiger partial charge on any atom is -0.508 e. The van der Waals surface area contributed by atoms with E-state index in [9.17, 15) is 9.90 Å². The van der Waals surface area contributed by atoms with Crippen LogP contribution in [0.3, 0.4) is 0 Å². The molecule has 0 atom stereocenters. The summed E-state index contributed by atoms with van der Waals surface area (Å²) >= 11 is 0. The van der Waals surface area contributed by atoms with Gasteiger partial charge in [0.25, 0.3) is 5.91 Å². The highest BCUT2D eigenvalue weighted by atomic mass is 16.3. The van der Waals surface area contributed by atoms with E-state index in [0.29, 0.717) is 17.8 Å². The predicted molar refractivity (Wildman–Crippen MR) is 79.7 cm³/mol. The van der Waals surface area contributed by atoms with Crippen molar-refractivity contribution in [2.75, 3.05) is 33.4 Å². The molecule has 0 bridgehead atoms. The van der Waals surface area contributed by atoms with Crippen LogP contribution >= 0.6 is 0 Å². The van der Waals surface area contributed by atoms with Gasteiger partial charge in [-0.3, -0.25) is 4.79 Å². The van der Waals surface area contributed by atoms with Gasteiger partial charge >= 0.3 is 0 Å².